The lowest BCUT2D eigenvalue weighted by atomic mass is 9.86. The molecule has 2 amide bonds. The predicted molar refractivity (Wildman–Crippen MR) is 126 cm³/mol. The Kier molecular flexibility index (Phi) is 5.71. The summed E-state index contributed by atoms with van der Waals surface area (Å²) in [6.45, 7) is 1.27. The predicted octanol–water partition coefficient (Wildman–Crippen LogP) is 2.00. The van der Waals surface area contributed by atoms with E-state index < -0.39 is 53.5 Å². The molecule has 0 spiro atoms. The van der Waals surface area contributed by atoms with Crippen LogP contribution in [0.15, 0.2) is 65.8 Å². The Bertz CT molecular complexity index is 1350. The highest BCUT2D eigenvalue weighted by atomic mass is 16.5. The van der Waals surface area contributed by atoms with E-state index in [2.05, 4.69) is 5.10 Å². The van der Waals surface area contributed by atoms with Gasteiger partial charge in [0.15, 0.2) is 5.78 Å². The maximum Gasteiger partial charge on any atom is 0.339 e. The number of nitrogens with zero attached hydrogens (tertiary/aromatic N) is 3. The third-order valence-electron chi connectivity index (χ3n) is 6.51. The topological polar surface area (TPSA) is 123 Å². The minimum absolute atomic E-state index is 0.0691. The molecule has 2 aromatic rings. The van der Waals surface area contributed by atoms with E-state index in [0.717, 1.165) is 4.90 Å². The van der Waals surface area contributed by atoms with Gasteiger partial charge in [0.2, 0.25) is 11.8 Å². The van der Waals surface area contributed by atoms with Gasteiger partial charge in [-0.05, 0) is 42.5 Å². The summed E-state index contributed by atoms with van der Waals surface area (Å²) in [6.07, 6.45) is 4.91. The molecule has 2 aromatic carbocycles. The number of hydrogen-bond donors (Lipinski definition) is 0. The first-order valence-corrected chi connectivity index (χ1v) is 11.2. The summed E-state index contributed by atoms with van der Waals surface area (Å²) in [4.78, 5) is 65.6. The smallest absolute Gasteiger partial charge is 0.339 e. The van der Waals surface area contributed by atoms with Crippen LogP contribution in [-0.4, -0.2) is 60.0 Å². The second-order valence-corrected chi connectivity index (χ2v) is 8.52. The zero-order chi connectivity index (χ0) is 25.6. The van der Waals surface area contributed by atoms with Crippen LogP contribution in [0.1, 0.15) is 27.6 Å². The van der Waals surface area contributed by atoms with Crippen molar-refractivity contribution in [2.45, 2.75) is 19.0 Å². The number of esters is 2. The van der Waals surface area contributed by atoms with E-state index in [1.54, 1.807) is 24.3 Å². The summed E-state index contributed by atoms with van der Waals surface area (Å²) in [7, 11) is 1.21. The van der Waals surface area contributed by atoms with Crippen LogP contribution in [0.3, 0.4) is 0 Å². The number of allylic oxidation sites excluding steroid dienone is 1. The lowest BCUT2D eigenvalue weighted by Crippen LogP contribution is -2.46. The third kappa shape index (κ3) is 3.58. The van der Waals surface area contributed by atoms with Gasteiger partial charge in [-0.15, -0.1) is 0 Å². The van der Waals surface area contributed by atoms with E-state index in [0.29, 0.717) is 0 Å². The zero-order valence-electron chi connectivity index (χ0n) is 19.4. The van der Waals surface area contributed by atoms with Crippen LogP contribution in [-0.2, 0) is 19.1 Å². The van der Waals surface area contributed by atoms with Gasteiger partial charge in [0, 0.05) is 18.7 Å². The highest BCUT2D eigenvalue weighted by Crippen LogP contribution is 2.46. The van der Waals surface area contributed by atoms with E-state index in [4.69, 9.17) is 9.47 Å². The zero-order valence-corrected chi connectivity index (χ0v) is 19.4. The van der Waals surface area contributed by atoms with Crippen molar-refractivity contribution in [2.24, 2.45) is 16.9 Å². The molecule has 0 N–H and O–H groups in total. The molecule has 0 aromatic heterocycles. The van der Waals surface area contributed by atoms with Crippen molar-refractivity contribution < 1.29 is 33.4 Å². The van der Waals surface area contributed by atoms with Crippen LogP contribution < -0.4 is 9.64 Å². The van der Waals surface area contributed by atoms with Crippen molar-refractivity contribution in [1.82, 2.24) is 5.01 Å². The fourth-order valence-corrected chi connectivity index (χ4v) is 5.05. The van der Waals surface area contributed by atoms with Crippen molar-refractivity contribution in [3.63, 3.8) is 0 Å². The molecule has 3 aliphatic heterocycles. The number of methoxy groups -OCH3 is 1. The third-order valence-corrected chi connectivity index (χ3v) is 6.51. The van der Waals surface area contributed by atoms with Gasteiger partial charge in [-0.1, -0.05) is 18.2 Å². The molecule has 5 rings (SSSR count). The van der Waals surface area contributed by atoms with Gasteiger partial charge in [0.25, 0.3) is 0 Å². The number of amides is 2. The van der Waals surface area contributed by atoms with Crippen molar-refractivity contribution >= 4 is 41.4 Å². The van der Waals surface area contributed by atoms with Gasteiger partial charge >= 0.3 is 11.9 Å². The average molecular weight is 487 g/mol. The standard InChI is InChI=1S/C26H21N3O7/c1-14(30)36-16-11-9-15(10-12-16)23(31)22-21-20(19-8-5-13-27-29(19)22)24(32)28(25(21)33)18-7-4-3-6-17(18)26(34)35-2/h3-13,19-22H,1-2H3/t19-,20-,21+,22-/m1/s1. The number of anilines is 1. The molecule has 0 bridgehead atoms. The quantitative estimate of drug-likeness (QED) is 0.272. The SMILES string of the molecule is COC(=O)c1ccccc1N1C(=O)[C@H]2[C@H](C1=O)[C@H](C(=O)c1ccc(OC(C)=O)cc1)N1N=CC=C[C@H]21. The van der Waals surface area contributed by atoms with Crippen molar-refractivity contribution in [3.05, 3.63) is 71.8 Å². The molecule has 2 saturated heterocycles. The molecule has 3 heterocycles. The Morgan fingerprint density at radius 1 is 0.944 bits per heavy atom. The van der Waals surface area contributed by atoms with Crippen LogP contribution in [0, 0.1) is 11.8 Å². The van der Waals surface area contributed by atoms with Gasteiger partial charge in [-0.25, -0.2) is 9.69 Å². The highest BCUT2D eigenvalue weighted by Gasteiger charge is 2.64. The monoisotopic (exact) mass is 487 g/mol. The minimum Gasteiger partial charge on any atom is -0.465 e. The molecule has 3 aliphatic rings. The van der Waals surface area contributed by atoms with Gasteiger partial charge in [-0.3, -0.25) is 24.2 Å². The second kappa shape index (κ2) is 8.88. The molecule has 0 aliphatic carbocycles. The first-order chi connectivity index (χ1) is 17.3. The molecule has 36 heavy (non-hydrogen) atoms. The van der Waals surface area contributed by atoms with Crippen LogP contribution in [0.25, 0.3) is 0 Å². The van der Waals surface area contributed by atoms with E-state index >= 15 is 0 Å². The number of hydrogen-bond acceptors (Lipinski definition) is 9. The maximum atomic E-state index is 13.8. The van der Waals surface area contributed by atoms with Gasteiger partial charge < -0.3 is 9.47 Å². The number of ketones is 1. The van der Waals surface area contributed by atoms with Gasteiger partial charge in [0.05, 0.1) is 36.2 Å². The number of Topliss-reactive ketones (excluding diaryl/α,β-unsaturated/α-hetero) is 1. The van der Waals surface area contributed by atoms with Crippen LogP contribution in [0.4, 0.5) is 5.69 Å². The van der Waals surface area contributed by atoms with Crippen LogP contribution in [0.2, 0.25) is 0 Å². The number of carbonyl (C=O) groups excluding carboxylic acids is 5. The Morgan fingerprint density at radius 2 is 1.64 bits per heavy atom. The molecule has 2 fully saturated rings. The number of rotatable bonds is 5. The summed E-state index contributed by atoms with van der Waals surface area (Å²) in [5.41, 5.74) is 0.453. The largest absolute Gasteiger partial charge is 0.465 e. The molecular weight excluding hydrogens is 466 g/mol. The van der Waals surface area contributed by atoms with Crippen molar-refractivity contribution in [1.29, 1.82) is 0 Å². The molecule has 0 saturated carbocycles. The summed E-state index contributed by atoms with van der Waals surface area (Å²) >= 11 is 0. The first kappa shape index (κ1) is 23.2. The molecule has 182 valence electrons. The number of imide groups is 1. The van der Waals surface area contributed by atoms with Crippen molar-refractivity contribution in [2.75, 3.05) is 12.0 Å². The number of para-hydroxylation sites is 1. The summed E-state index contributed by atoms with van der Waals surface area (Å²) in [6, 6.07) is 10.5. The minimum atomic E-state index is -1.05. The molecule has 10 heteroatoms. The van der Waals surface area contributed by atoms with Crippen LogP contribution >= 0.6 is 0 Å². The molecule has 0 unspecified atom stereocenters. The number of benzene rings is 2. The molecule has 4 atom stereocenters. The molecule has 0 radical (unpaired) electrons. The summed E-state index contributed by atoms with van der Waals surface area (Å²) < 4.78 is 9.85. The van der Waals surface area contributed by atoms with Gasteiger partial charge in [0.1, 0.15) is 11.8 Å². The average Bonchev–Trinajstić information content (AvgIpc) is 3.35. The van der Waals surface area contributed by atoms with Crippen LogP contribution in [0.5, 0.6) is 5.75 Å². The normalized spacial score (nSPS) is 23.9. The Labute approximate surface area is 205 Å². The highest BCUT2D eigenvalue weighted by molar-refractivity contribution is 6.26. The van der Waals surface area contributed by atoms with Gasteiger partial charge in [-0.2, -0.15) is 5.10 Å². The number of hydrazone groups is 1. The fourth-order valence-electron chi connectivity index (χ4n) is 5.05. The van der Waals surface area contributed by atoms with E-state index in [-0.39, 0.29) is 22.6 Å². The number of fused-ring (bicyclic) bond motifs is 3. The number of carbonyl (C=O) groups is 5. The molecule has 10 nitrogen and oxygen atoms in total. The fraction of sp³-hybridized carbons (Fsp3) is 0.231. The second-order valence-electron chi connectivity index (χ2n) is 8.52. The Balaban J connectivity index is 1.54. The Hall–Kier alpha value is -4.60. The van der Waals surface area contributed by atoms with E-state index in [9.17, 15) is 24.0 Å². The summed E-state index contributed by atoms with van der Waals surface area (Å²) in [5.74, 6) is -4.30. The van der Waals surface area contributed by atoms with Crippen molar-refractivity contribution in [3.8, 4) is 5.75 Å². The van der Waals surface area contributed by atoms with E-state index in [1.807, 2.05) is 0 Å². The number of ether oxygens (including phenoxy) is 2. The first-order valence-electron chi connectivity index (χ1n) is 11.2. The van der Waals surface area contributed by atoms with E-state index in [1.165, 1.54) is 61.7 Å². The maximum absolute atomic E-state index is 13.8. The summed E-state index contributed by atoms with van der Waals surface area (Å²) in [5, 5.41) is 5.82. The molecular formula is C26H21N3O7. The lowest BCUT2D eigenvalue weighted by Gasteiger charge is -2.30. The lowest BCUT2D eigenvalue weighted by molar-refractivity contribution is -0.132. The Morgan fingerprint density at radius 3 is 2.33 bits per heavy atom.